The Morgan fingerprint density at radius 2 is 1.79 bits per heavy atom. The maximum atomic E-state index is 2.50. The molecule has 2 aliphatic rings. The van der Waals surface area contributed by atoms with Gasteiger partial charge in [0.1, 0.15) is 0 Å². The van der Waals surface area contributed by atoms with E-state index in [4.69, 9.17) is 0 Å². The van der Waals surface area contributed by atoms with Gasteiger partial charge in [-0.1, -0.05) is 34.6 Å². The lowest BCUT2D eigenvalue weighted by molar-refractivity contribution is 0.0497. The smallest absolute Gasteiger partial charge is 0.0209 e. The molecule has 14 heavy (non-hydrogen) atoms. The van der Waals surface area contributed by atoms with E-state index in [1.165, 1.54) is 6.42 Å². The maximum absolute atomic E-state index is 2.50. The Balaban J connectivity index is 1.98. The largest absolute Gasteiger partial charge is 0.0628 e. The zero-order chi connectivity index (χ0) is 10.5. The first-order chi connectivity index (χ1) is 6.48. The molecule has 4 atom stereocenters. The predicted octanol–water partition coefficient (Wildman–Crippen LogP) is 4.35. The zero-order valence-corrected chi connectivity index (χ0v) is 10.5. The van der Waals surface area contributed by atoms with E-state index < -0.39 is 0 Å². The Labute approximate surface area is 89.5 Å². The van der Waals surface area contributed by atoms with Gasteiger partial charge in [-0.15, -0.1) is 0 Å². The minimum Gasteiger partial charge on any atom is -0.0628 e. The first-order valence-electron chi connectivity index (χ1n) is 6.48. The summed E-state index contributed by atoms with van der Waals surface area (Å²) in [6, 6.07) is 0. The minimum atomic E-state index is 0.818. The Bertz CT molecular complexity index is 216. The van der Waals surface area contributed by atoms with Gasteiger partial charge < -0.3 is 0 Å². The Morgan fingerprint density at radius 3 is 2.14 bits per heavy atom. The SMILES string of the molecule is CC(C)CC1CC2CC12C(C)C(C)C. The molecule has 2 saturated carbocycles. The number of hydrogen-bond acceptors (Lipinski definition) is 0. The van der Waals surface area contributed by atoms with E-state index in [9.17, 15) is 0 Å². The van der Waals surface area contributed by atoms with Crippen LogP contribution in [0.2, 0.25) is 0 Å². The van der Waals surface area contributed by atoms with Gasteiger partial charge in [-0.05, 0) is 54.3 Å². The second-order valence-electron chi connectivity index (χ2n) is 6.61. The van der Waals surface area contributed by atoms with Crippen molar-refractivity contribution in [2.45, 2.75) is 53.9 Å². The number of hydrogen-bond donors (Lipinski definition) is 0. The van der Waals surface area contributed by atoms with Crippen molar-refractivity contribution in [2.75, 3.05) is 0 Å². The summed E-state index contributed by atoms with van der Waals surface area (Å²) in [5.74, 6) is 4.95. The number of rotatable bonds is 4. The van der Waals surface area contributed by atoms with Crippen LogP contribution in [0.25, 0.3) is 0 Å². The van der Waals surface area contributed by atoms with Crippen LogP contribution in [-0.4, -0.2) is 0 Å². The van der Waals surface area contributed by atoms with Gasteiger partial charge in [-0.3, -0.25) is 0 Å². The summed E-state index contributed by atoms with van der Waals surface area (Å²) in [5.41, 5.74) is 0.818. The molecule has 2 fully saturated rings. The summed E-state index contributed by atoms with van der Waals surface area (Å²) < 4.78 is 0. The molecule has 2 rings (SSSR count). The van der Waals surface area contributed by atoms with Crippen LogP contribution in [0.5, 0.6) is 0 Å². The third-order valence-corrected chi connectivity index (χ3v) is 5.13. The van der Waals surface area contributed by atoms with E-state index in [-0.39, 0.29) is 0 Å². The quantitative estimate of drug-likeness (QED) is 0.624. The maximum Gasteiger partial charge on any atom is -0.0209 e. The van der Waals surface area contributed by atoms with Crippen molar-refractivity contribution >= 4 is 0 Å². The third kappa shape index (κ3) is 1.33. The average molecular weight is 194 g/mol. The van der Waals surface area contributed by atoms with Gasteiger partial charge >= 0.3 is 0 Å². The first-order valence-corrected chi connectivity index (χ1v) is 6.48. The average Bonchev–Trinajstić information content (AvgIpc) is 2.67. The highest BCUT2D eigenvalue weighted by Crippen LogP contribution is 2.76. The summed E-state index contributed by atoms with van der Waals surface area (Å²) in [7, 11) is 0. The fourth-order valence-electron chi connectivity index (χ4n) is 4.01. The molecule has 0 aromatic carbocycles. The third-order valence-electron chi connectivity index (χ3n) is 5.13. The van der Waals surface area contributed by atoms with Gasteiger partial charge in [0.05, 0.1) is 0 Å². The van der Waals surface area contributed by atoms with Crippen LogP contribution in [0.4, 0.5) is 0 Å². The molecule has 0 radical (unpaired) electrons. The highest BCUT2D eigenvalue weighted by atomic mass is 14.7. The molecule has 0 heteroatoms. The van der Waals surface area contributed by atoms with Gasteiger partial charge in [0.25, 0.3) is 0 Å². The molecule has 0 aromatic heterocycles. The molecule has 2 aliphatic carbocycles. The highest BCUT2D eigenvalue weighted by Gasteiger charge is 2.69. The predicted molar refractivity (Wildman–Crippen MR) is 62.1 cm³/mol. The van der Waals surface area contributed by atoms with Crippen molar-refractivity contribution in [3.05, 3.63) is 0 Å². The Morgan fingerprint density at radius 1 is 1.14 bits per heavy atom. The molecule has 0 saturated heterocycles. The van der Waals surface area contributed by atoms with E-state index in [1.807, 2.05) is 0 Å². The summed E-state index contributed by atoms with van der Waals surface area (Å²) in [6.07, 6.45) is 4.59. The fourth-order valence-corrected chi connectivity index (χ4v) is 4.01. The summed E-state index contributed by atoms with van der Waals surface area (Å²) in [4.78, 5) is 0. The van der Waals surface area contributed by atoms with E-state index in [0.717, 1.165) is 35.0 Å². The van der Waals surface area contributed by atoms with Crippen molar-refractivity contribution in [1.82, 2.24) is 0 Å². The van der Waals surface area contributed by atoms with Gasteiger partial charge in [0.15, 0.2) is 0 Å². The van der Waals surface area contributed by atoms with Crippen LogP contribution in [0.15, 0.2) is 0 Å². The van der Waals surface area contributed by atoms with Crippen molar-refractivity contribution in [3.8, 4) is 0 Å². The topological polar surface area (TPSA) is 0 Å². The number of fused-ring (bicyclic) bond motifs is 1. The molecule has 0 N–H and O–H groups in total. The van der Waals surface area contributed by atoms with E-state index in [1.54, 1.807) is 12.8 Å². The molecule has 0 aliphatic heterocycles. The molecule has 0 spiro atoms. The summed E-state index contributed by atoms with van der Waals surface area (Å²) >= 11 is 0. The van der Waals surface area contributed by atoms with Gasteiger partial charge in [0, 0.05) is 0 Å². The van der Waals surface area contributed by atoms with Gasteiger partial charge in [-0.2, -0.15) is 0 Å². The second kappa shape index (κ2) is 3.25. The van der Waals surface area contributed by atoms with Crippen molar-refractivity contribution in [3.63, 3.8) is 0 Å². The second-order valence-corrected chi connectivity index (χ2v) is 6.61. The molecule has 0 heterocycles. The van der Waals surface area contributed by atoms with Crippen LogP contribution < -0.4 is 0 Å². The van der Waals surface area contributed by atoms with E-state index >= 15 is 0 Å². The normalized spacial score (nSPS) is 42.2. The van der Waals surface area contributed by atoms with E-state index in [0.29, 0.717) is 0 Å². The summed E-state index contributed by atoms with van der Waals surface area (Å²) in [6.45, 7) is 12.1. The highest BCUT2D eigenvalue weighted by molar-refractivity contribution is 5.17. The lowest BCUT2D eigenvalue weighted by Gasteiger charge is -2.43. The lowest BCUT2D eigenvalue weighted by Crippen LogP contribution is -2.37. The van der Waals surface area contributed by atoms with Crippen molar-refractivity contribution in [2.24, 2.45) is 35.0 Å². The monoisotopic (exact) mass is 194 g/mol. The fraction of sp³-hybridized carbons (Fsp3) is 1.00. The van der Waals surface area contributed by atoms with Gasteiger partial charge in [-0.25, -0.2) is 0 Å². The lowest BCUT2D eigenvalue weighted by atomic mass is 9.61. The van der Waals surface area contributed by atoms with Crippen LogP contribution in [-0.2, 0) is 0 Å². The minimum absolute atomic E-state index is 0.818. The zero-order valence-electron chi connectivity index (χ0n) is 10.5. The van der Waals surface area contributed by atoms with Gasteiger partial charge in [0.2, 0.25) is 0 Å². The van der Waals surface area contributed by atoms with Crippen LogP contribution in [0.1, 0.15) is 53.9 Å². The van der Waals surface area contributed by atoms with Crippen LogP contribution in [0, 0.1) is 35.0 Å². The van der Waals surface area contributed by atoms with Crippen LogP contribution >= 0.6 is 0 Å². The Hall–Kier alpha value is 0. The molecule has 0 bridgehead atoms. The molecule has 0 amide bonds. The molecular weight excluding hydrogens is 168 g/mol. The van der Waals surface area contributed by atoms with Crippen molar-refractivity contribution < 1.29 is 0 Å². The van der Waals surface area contributed by atoms with E-state index in [2.05, 4.69) is 34.6 Å². The van der Waals surface area contributed by atoms with Crippen LogP contribution in [0.3, 0.4) is 0 Å². The first kappa shape index (κ1) is 10.5. The molecule has 82 valence electrons. The molecule has 4 unspecified atom stereocenters. The molecule has 0 nitrogen and oxygen atoms in total. The van der Waals surface area contributed by atoms with Crippen molar-refractivity contribution in [1.29, 1.82) is 0 Å². The Kier molecular flexibility index (Phi) is 2.44. The molecular formula is C14H26. The molecule has 0 aromatic rings. The standard InChI is InChI=1S/C14H26/c1-9(2)6-12-7-13-8-14(12,13)11(5)10(3)4/h9-13H,6-8H2,1-5H3. The summed E-state index contributed by atoms with van der Waals surface area (Å²) in [5, 5.41) is 0.